The summed E-state index contributed by atoms with van der Waals surface area (Å²) >= 11 is 5.14. The molecule has 1 N–H and O–H groups in total. The van der Waals surface area contributed by atoms with Crippen LogP contribution < -0.4 is 0 Å². The number of aliphatic hydroxyl groups excluding tert-OH is 1. The minimum atomic E-state index is -0.492. The third kappa shape index (κ3) is 4.81. The molecule has 0 amide bonds. The molecule has 0 fully saturated rings. The Kier molecular flexibility index (Phi) is 5.88. The Labute approximate surface area is 70.6 Å². The van der Waals surface area contributed by atoms with Gasteiger partial charge < -0.3 is 9.84 Å². The van der Waals surface area contributed by atoms with Crippen molar-refractivity contribution in [1.82, 2.24) is 0 Å². The van der Waals surface area contributed by atoms with Crippen LogP contribution in [0.3, 0.4) is 0 Å². The first-order valence-corrected chi connectivity index (χ1v) is 3.77. The molecule has 0 aromatic rings. The van der Waals surface area contributed by atoms with Crippen LogP contribution in [-0.4, -0.2) is 23.7 Å². The predicted molar refractivity (Wildman–Crippen MR) is 42.3 cm³/mol. The zero-order chi connectivity index (χ0) is 8.69. The number of esters is 1. The van der Waals surface area contributed by atoms with Gasteiger partial charge in [0.05, 0.1) is 0 Å². The zero-order valence-corrected chi connectivity index (χ0v) is 6.93. The summed E-state index contributed by atoms with van der Waals surface area (Å²) in [6, 6.07) is -0.156. The molecule has 0 heterocycles. The number of carbonyl (C=O) groups is 1. The van der Waals surface area contributed by atoms with Crippen LogP contribution in [0, 0.1) is 0 Å². The first kappa shape index (κ1) is 10.5. The molecule has 0 aliphatic carbocycles. The molecule has 0 unspecified atom stereocenters. The number of carbonyl (C=O) groups excluding carboxylic acids is 1. The van der Waals surface area contributed by atoms with E-state index in [4.69, 9.17) is 16.7 Å². The quantitative estimate of drug-likeness (QED) is 0.389. The van der Waals surface area contributed by atoms with E-state index < -0.39 is 5.97 Å². The summed E-state index contributed by atoms with van der Waals surface area (Å²) < 4.78 is 4.45. The van der Waals surface area contributed by atoms with Crippen molar-refractivity contribution in [2.75, 3.05) is 12.7 Å². The maximum atomic E-state index is 10.8. The summed E-state index contributed by atoms with van der Waals surface area (Å²) in [7, 11) is 0. The van der Waals surface area contributed by atoms with Gasteiger partial charge in [-0.15, -0.1) is 0 Å². The molecule has 0 aliphatic heterocycles. The lowest BCUT2D eigenvalue weighted by Gasteiger charge is -2.01. The minimum absolute atomic E-state index is 0.0488. The number of aliphatic hydroxyl groups is 1. The number of ether oxygens (including phenoxy) is 1. The van der Waals surface area contributed by atoms with Crippen LogP contribution in [0.4, 0.5) is 0 Å². The SMILES string of the molecule is C=C(CCCO)C(=O)OCCl. The van der Waals surface area contributed by atoms with Gasteiger partial charge >= 0.3 is 5.97 Å². The predicted octanol–water partition coefficient (Wildman–Crippen LogP) is 1.05. The highest BCUT2D eigenvalue weighted by atomic mass is 35.5. The number of hydrogen-bond acceptors (Lipinski definition) is 3. The van der Waals surface area contributed by atoms with E-state index in [0.29, 0.717) is 18.4 Å². The smallest absolute Gasteiger partial charge is 0.334 e. The van der Waals surface area contributed by atoms with E-state index in [1.165, 1.54) is 0 Å². The molecule has 0 saturated carbocycles. The van der Waals surface area contributed by atoms with Gasteiger partial charge in [0.2, 0.25) is 0 Å². The van der Waals surface area contributed by atoms with Crippen LogP contribution in [0.2, 0.25) is 0 Å². The van der Waals surface area contributed by atoms with E-state index in [2.05, 4.69) is 11.3 Å². The molecule has 0 radical (unpaired) electrons. The van der Waals surface area contributed by atoms with Crippen LogP contribution in [0.15, 0.2) is 12.2 Å². The molecule has 0 saturated heterocycles. The van der Waals surface area contributed by atoms with Crippen LogP contribution in [-0.2, 0) is 9.53 Å². The maximum Gasteiger partial charge on any atom is 0.334 e. The molecule has 64 valence electrons. The number of hydrogen-bond donors (Lipinski definition) is 1. The van der Waals surface area contributed by atoms with Crippen molar-refractivity contribution in [3.63, 3.8) is 0 Å². The van der Waals surface area contributed by atoms with Crippen LogP contribution >= 0.6 is 11.6 Å². The van der Waals surface area contributed by atoms with E-state index in [1.54, 1.807) is 0 Å². The molecule has 4 heteroatoms. The summed E-state index contributed by atoms with van der Waals surface area (Å²) in [5.74, 6) is -0.492. The maximum absolute atomic E-state index is 10.8. The van der Waals surface area contributed by atoms with Crippen molar-refractivity contribution in [2.24, 2.45) is 0 Å². The van der Waals surface area contributed by atoms with Crippen LogP contribution in [0.1, 0.15) is 12.8 Å². The second-order valence-electron chi connectivity index (χ2n) is 1.97. The van der Waals surface area contributed by atoms with E-state index in [-0.39, 0.29) is 12.7 Å². The lowest BCUT2D eigenvalue weighted by molar-refractivity contribution is -0.137. The summed E-state index contributed by atoms with van der Waals surface area (Å²) in [5, 5.41) is 8.41. The minimum Gasteiger partial charge on any atom is -0.446 e. The summed E-state index contributed by atoms with van der Waals surface area (Å²) in [6.07, 6.45) is 0.975. The molecule has 0 atom stereocenters. The highest BCUT2D eigenvalue weighted by molar-refractivity contribution is 6.17. The van der Waals surface area contributed by atoms with E-state index >= 15 is 0 Å². The molecule has 0 aromatic heterocycles. The van der Waals surface area contributed by atoms with E-state index in [9.17, 15) is 4.79 Å². The van der Waals surface area contributed by atoms with Crippen molar-refractivity contribution < 1.29 is 14.6 Å². The second-order valence-corrected chi connectivity index (χ2v) is 2.19. The van der Waals surface area contributed by atoms with Gasteiger partial charge in [0, 0.05) is 12.2 Å². The van der Waals surface area contributed by atoms with Gasteiger partial charge in [-0.25, -0.2) is 4.79 Å². The largest absolute Gasteiger partial charge is 0.446 e. The Hall–Kier alpha value is -0.540. The highest BCUT2D eigenvalue weighted by Gasteiger charge is 2.06. The average molecular weight is 179 g/mol. The standard InChI is InChI=1S/C7H11ClO3/c1-6(3-2-4-9)7(10)11-5-8/h9H,1-5H2. The fraction of sp³-hybridized carbons (Fsp3) is 0.571. The van der Waals surface area contributed by atoms with Crippen molar-refractivity contribution in [1.29, 1.82) is 0 Å². The third-order valence-electron chi connectivity index (χ3n) is 1.11. The Morgan fingerprint density at radius 1 is 1.64 bits per heavy atom. The molecule has 0 aromatic carbocycles. The van der Waals surface area contributed by atoms with Crippen molar-refractivity contribution in [3.8, 4) is 0 Å². The van der Waals surface area contributed by atoms with Gasteiger partial charge in [-0.3, -0.25) is 0 Å². The molecule has 11 heavy (non-hydrogen) atoms. The molecule has 0 aliphatic rings. The molecular weight excluding hydrogens is 168 g/mol. The first-order valence-electron chi connectivity index (χ1n) is 3.24. The van der Waals surface area contributed by atoms with Gasteiger partial charge in [-0.2, -0.15) is 0 Å². The van der Waals surface area contributed by atoms with Crippen molar-refractivity contribution in [2.45, 2.75) is 12.8 Å². The number of alkyl halides is 1. The molecule has 0 bridgehead atoms. The summed E-state index contributed by atoms with van der Waals surface area (Å²) in [5.41, 5.74) is 0.347. The molecule has 0 spiro atoms. The van der Waals surface area contributed by atoms with Gasteiger partial charge in [-0.05, 0) is 12.8 Å². The third-order valence-corrected chi connectivity index (χ3v) is 1.22. The van der Waals surface area contributed by atoms with Gasteiger partial charge in [0.1, 0.15) is 0 Å². The number of halogens is 1. The lowest BCUT2D eigenvalue weighted by Crippen LogP contribution is -2.06. The summed E-state index contributed by atoms with van der Waals surface area (Å²) in [6.45, 7) is 3.52. The second kappa shape index (κ2) is 6.19. The fourth-order valence-corrected chi connectivity index (χ4v) is 0.645. The molecule has 3 nitrogen and oxygen atoms in total. The molecule has 0 rings (SSSR count). The zero-order valence-electron chi connectivity index (χ0n) is 6.18. The topological polar surface area (TPSA) is 46.5 Å². The Morgan fingerprint density at radius 3 is 2.73 bits per heavy atom. The van der Waals surface area contributed by atoms with Crippen LogP contribution in [0.25, 0.3) is 0 Å². The summed E-state index contributed by atoms with van der Waals surface area (Å²) in [4.78, 5) is 10.8. The Bertz CT molecular complexity index is 145. The van der Waals surface area contributed by atoms with E-state index in [1.807, 2.05) is 0 Å². The monoisotopic (exact) mass is 178 g/mol. The van der Waals surface area contributed by atoms with Crippen molar-refractivity contribution >= 4 is 17.6 Å². The number of rotatable bonds is 5. The highest BCUT2D eigenvalue weighted by Crippen LogP contribution is 2.04. The molecular formula is C7H11ClO3. The Balaban J connectivity index is 3.56. The average Bonchev–Trinajstić information content (AvgIpc) is 2.00. The first-order chi connectivity index (χ1) is 5.22. The van der Waals surface area contributed by atoms with Gasteiger partial charge in [-0.1, -0.05) is 18.2 Å². The normalized spacial score (nSPS) is 9.27. The van der Waals surface area contributed by atoms with Gasteiger partial charge in [0.25, 0.3) is 0 Å². The van der Waals surface area contributed by atoms with E-state index in [0.717, 1.165) is 0 Å². The Morgan fingerprint density at radius 2 is 2.27 bits per heavy atom. The van der Waals surface area contributed by atoms with Gasteiger partial charge in [0.15, 0.2) is 6.07 Å². The van der Waals surface area contributed by atoms with Crippen LogP contribution in [0.5, 0.6) is 0 Å². The fourth-order valence-electron chi connectivity index (χ4n) is 0.546. The van der Waals surface area contributed by atoms with Crippen molar-refractivity contribution in [3.05, 3.63) is 12.2 Å². The lowest BCUT2D eigenvalue weighted by atomic mass is 10.2.